The molecule has 1 aliphatic heterocycles. The van der Waals surface area contributed by atoms with Gasteiger partial charge in [-0.15, -0.1) is 0 Å². The van der Waals surface area contributed by atoms with E-state index in [1.807, 2.05) is 0 Å². The zero-order valence-corrected chi connectivity index (χ0v) is 16.0. The molecule has 30 heavy (non-hydrogen) atoms. The van der Waals surface area contributed by atoms with E-state index in [0.29, 0.717) is 6.07 Å². The first-order chi connectivity index (χ1) is 15.2. The second kappa shape index (κ2) is 8.11. The van der Waals surface area contributed by atoms with E-state index in [-0.39, 0.29) is 0 Å². The number of rotatable bonds is 6. The fourth-order valence-electron chi connectivity index (χ4n) is 2.41. The van der Waals surface area contributed by atoms with E-state index in [9.17, 15) is 26.8 Å². The number of benzene rings is 2. The fourth-order valence-corrected chi connectivity index (χ4v) is 3.25. The standard InChI is InChI=1S/C19H15F2NO7S/c1-27-19(24)13-7-4-11(8-14(13)21)16-15(23)17(18(22)28-16)29-30(25,26)9-10-2-5-12(20)6-3-10/h2-8,16H,9,22H2,1H3/t16-/m0/s1/i9D2,16D. The number of halogens is 2. The third-order valence-corrected chi connectivity index (χ3v) is 4.64. The monoisotopic (exact) mass is 442 g/mol. The summed E-state index contributed by atoms with van der Waals surface area (Å²) in [6.07, 6.45) is -2.78. The molecule has 1 atom stereocenters. The number of carbonyl (C=O) groups is 2. The Morgan fingerprint density at radius 2 is 1.93 bits per heavy atom. The number of Topliss-reactive ketones (excluding diaryl/α,β-unsaturated/α-hetero) is 1. The number of ketones is 1. The van der Waals surface area contributed by atoms with Crippen molar-refractivity contribution in [1.82, 2.24) is 0 Å². The lowest BCUT2D eigenvalue weighted by atomic mass is 10.0. The Labute approximate surface area is 174 Å². The number of ether oxygens (including phenoxy) is 2. The lowest BCUT2D eigenvalue weighted by Crippen LogP contribution is -2.16. The average Bonchev–Trinajstić information content (AvgIpc) is 2.97. The van der Waals surface area contributed by atoms with Crippen LogP contribution >= 0.6 is 0 Å². The number of hydrogen-bond acceptors (Lipinski definition) is 8. The molecule has 2 aromatic carbocycles. The van der Waals surface area contributed by atoms with Gasteiger partial charge in [0.15, 0.2) is 6.08 Å². The molecule has 0 unspecified atom stereocenters. The minimum absolute atomic E-state index is 0.460. The molecule has 11 heteroatoms. The van der Waals surface area contributed by atoms with Crippen LogP contribution < -0.4 is 5.73 Å². The minimum atomic E-state index is -5.28. The predicted molar refractivity (Wildman–Crippen MR) is 97.9 cm³/mol. The van der Waals surface area contributed by atoms with Gasteiger partial charge in [0.2, 0.25) is 17.4 Å². The van der Waals surface area contributed by atoms with Gasteiger partial charge >= 0.3 is 16.1 Å². The summed E-state index contributed by atoms with van der Waals surface area (Å²) in [7, 11) is -4.26. The van der Waals surface area contributed by atoms with Crippen molar-refractivity contribution in [2.45, 2.75) is 11.8 Å². The van der Waals surface area contributed by atoms with Gasteiger partial charge in [-0.1, -0.05) is 18.2 Å². The Bertz CT molecular complexity index is 1280. The van der Waals surface area contributed by atoms with Gasteiger partial charge in [0.1, 0.15) is 17.3 Å². The van der Waals surface area contributed by atoms with Crippen LogP contribution in [0.5, 0.6) is 0 Å². The van der Waals surface area contributed by atoms with Crippen LogP contribution in [0.2, 0.25) is 0 Å². The van der Waals surface area contributed by atoms with Crippen molar-refractivity contribution in [1.29, 1.82) is 0 Å². The molecular weight excluding hydrogens is 424 g/mol. The Morgan fingerprint density at radius 1 is 1.27 bits per heavy atom. The lowest BCUT2D eigenvalue weighted by molar-refractivity contribution is -0.123. The van der Waals surface area contributed by atoms with Crippen LogP contribution in [0.15, 0.2) is 54.1 Å². The lowest BCUT2D eigenvalue weighted by Gasteiger charge is -2.11. The van der Waals surface area contributed by atoms with Gasteiger partial charge in [-0.2, -0.15) is 8.42 Å². The second-order valence-corrected chi connectivity index (χ2v) is 7.07. The molecule has 0 aromatic heterocycles. The molecule has 0 bridgehead atoms. The van der Waals surface area contributed by atoms with E-state index < -0.39 is 73.6 Å². The van der Waals surface area contributed by atoms with E-state index in [1.165, 1.54) is 0 Å². The van der Waals surface area contributed by atoms with Gasteiger partial charge in [-0.05, 0) is 29.8 Å². The molecule has 8 nitrogen and oxygen atoms in total. The van der Waals surface area contributed by atoms with E-state index >= 15 is 0 Å². The zero-order valence-electron chi connectivity index (χ0n) is 18.1. The first-order valence-electron chi connectivity index (χ1n) is 9.56. The molecule has 1 heterocycles. The summed E-state index contributed by atoms with van der Waals surface area (Å²) in [5, 5.41) is 0. The second-order valence-electron chi connectivity index (χ2n) is 5.79. The van der Waals surface area contributed by atoms with Gasteiger partial charge in [0.05, 0.1) is 16.8 Å². The van der Waals surface area contributed by atoms with Gasteiger partial charge < -0.3 is 19.4 Å². The molecule has 2 N–H and O–H groups in total. The fraction of sp³-hybridized carbons (Fsp3) is 0.158. The van der Waals surface area contributed by atoms with Crippen molar-refractivity contribution in [2.24, 2.45) is 5.73 Å². The number of carbonyl (C=O) groups excluding carboxylic acids is 2. The van der Waals surface area contributed by atoms with E-state index in [1.54, 1.807) is 0 Å². The highest BCUT2D eigenvalue weighted by atomic mass is 32.2. The predicted octanol–water partition coefficient (Wildman–Crippen LogP) is 2.07. The van der Waals surface area contributed by atoms with Crippen molar-refractivity contribution >= 4 is 21.9 Å². The molecule has 158 valence electrons. The average molecular weight is 442 g/mol. The Balaban J connectivity index is 1.93. The molecule has 2 aromatic rings. The van der Waals surface area contributed by atoms with Crippen LogP contribution in [0.1, 0.15) is 31.7 Å². The van der Waals surface area contributed by atoms with Crippen molar-refractivity contribution in [3.8, 4) is 0 Å². The summed E-state index contributed by atoms with van der Waals surface area (Å²) >= 11 is 0. The quantitative estimate of drug-likeness (QED) is 0.533. The van der Waals surface area contributed by atoms with Crippen LogP contribution in [-0.2, 0) is 34.3 Å². The highest BCUT2D eigenvalue weighted by Crippen LogP contribution is 2.33. The maximum atomic E-state index is 14.3. The maximum Gasteiger partial charge on any atom is 0.340 e. The molecule has 0 amide bonds. The van der Waals surface area contributed by atoms with Crippen LogP contribution in [0.3, 0.4) is 0 Å². The van der Waals surface area contributed by atoms with E-state index in [0.717, 1.165) is 43.5 Å². The third-order valence-electron chi connectivity index (χ3n) is 3.76. The van der Waals surface area contributed by atoms with Crippen LogP contribution in [0, 0.1) is 11.6 Å². The first-order valence-corrected chi connectivity index (χ1v) is 9.47. The molecule has 0 aliphatic carbocycles. The molecule has 0 radical (unpaired) electrons. The van der Waals surface area contributed by atoms with Crippen LogP contribution in [0.4, 0.5) is 8.78 Å². The molecule has 0 saturated carbocycles. The number of hydrogen-bond donors (Lipinski definition) is 1. The SMILES string of the molecule is [2H]C([2H])(c1ccc(F)cc1)S(=O)(=O)OC1=C(N)O[C@@]([2H])(c2ccc(C(=O)OC)c(F)c2)C1=O. The molecule has 1 aliphatic rings. The molecule has 0 fully saturated rings. The van der Waals surface area contributed by atoms with Crippen molar-refractivity contribution in [3.05, 3.63) is 82.4 Å². The Morgan fingerprint density at radius 3 is 2.53 bits per heavy atom. The van der Waals surface area contributed by atoms with Gasteiger partial charge in [0, 0.05) is 5.56 Å². The first kappa shape index (κ1) is 17.4. The summed E-state index contributed by atoms with van der Waals surface area (Å²) in [5.74, 6) is -6.56. The highest BCUT2D eigenvalue weighted by molar-refractivity contribution is 7.86. The largest absolute Gasteiger partial charge is 0.465 e. The topological polar surface area (TPSA) is 122 Å². The smallest absolute Gasteiger partial charge is 0.340 e. The molecule has 0 spiro atoms. The van der Waals surface area contributed by atoms with Crippen LogP contribution in [0.25, 0.3) is 0 Å². The van der Waals surface area contributed by atoms with Crippen molar-refractivity contribution in [3.63, 3.8) is 0 Å². The number of nitrogens with two attached hydrogens (primary N) is 1. The highest BCUT2D eigenvalue weighted by Gasteiger charge is 2.40. The number of esters is 1. The van der Waals surface area contributed by atoms with E-state index in [4.69, 9.17) is 14.6 Å². The maximum absolute atomic E-state index is 14.3. The zero-order chi connectivity index (χ0) is 24.8. The normalized spacial score (nSPS) is 20.8. The van der Waals surface area contributed by atoms with Crippen molar-refractivity contribution < 1.29 is 44.6 Å². The number of methoxy groups -OCH3 is 1. The Kier molecular flexibility index (Phi) is 4.70. The van der Waals surface area contributed by atoms with E-state index in [2.05, 4.69) is 8.92 Å². The Hall–Kier alpha value is -3.47. The minimum Gasteiger partial charge on any atom is -0.465 e. The summed E-state index contributed by atoms with van der Waals surface area (Å²) < 4.78 is 90.5. The summed E-state index contributed by atoms with van der Waals surface area (Å²) in [6.45, 7) is 0. The van der Waals surface area contributed by atoms with Gasteiger partial charge in [-0.3, -0.25) is 4.79 Å². The van der Waals surface area contributed by atoms with Gasteiger partial charge in [-0.25, -0.2) is 13.6 Å². The summed E-state index contributed by atoms with van der Waals surface area (Å²) in [4.78, 5) is 24.3. The summed E-state index contributed by atoms with van der Waals surface area (Å²) in [5.41, 5.74) is 0.797. The van der Waals surface area contributed by atoms with Crippen molar-refractivity contribution in [2.75, 3.05) is 7.11 Å². The third kappa shape index (κ3) is 4.40. The van der Waals surface area contributed by atoms with Crippen LogP contribution in [-0.4, -0.2) is 27.3 Å². The molecule has 0 saturated heterocycles. The molecule has 3 rings (SSSR count). The molecular formula is C19H15F2NO7S. The summed E-state index contributed by atoms with van der Waals surface area (Å²) in [6, 6.07) is 5.90. The van der Waals surface area contributed by atoms with Gasteiger partial charge in [0.25, 0.3) is 0 Å².